The van der Waals surface area contributed by atoms with Crippen LogP contribution in [0.1, 0.15) is 38.3 Å². The number of pyridine rings is 2. The Morgan fingerprint density at radius 1 is 1.31 bits per heavy atom. The van der Waals surface area contributed by atoms with Crippen LogP contribution in [-0.2, 0) is 11.4 Å². The second-order valence-corrected chi connectivity index (χ2v) is 9.35. The van der Waals surface area contributed by atoms with Crippen LogP contribution in [0.4, 0.5) is 17.5 Å². The number of rotatable bonds is 6. The van der Waals surface area contributed by atoms with Crippen LogP contribution in [-0.4, -0.2) is 46.5 Å². The van der Waals surface area contributed by atoms with Crippen LogP contribution < -0.4 is 10.6 Å². The smallest absolute Gasteiger partial charge is 0.230 e. The van der Waals surface area contributed by atoms with E-state index in [9.17, 15) is 4.55 Å². The minimum absolute atomic E-state index is 0.190. The fraction of sp³-hybridized carbons (Fsp3) is 0.450. The van der Waals surface area contributed by atoms with Crippen molar-refractivity contribution in [2.45, 2.75) is 57.0 Å². The first-order chi connectivity index (χ1) is 14.1. The van der Waals surface area contributed by atoms with Gasteiger partial charge in [-0.05, 0) is 31.9 Å². The summed E-state index contributed by atoms with van der Waals surface area (Å²) in [5.74, 6) is 2.23. The average Bonchev–Trinajstić information content (AvgIpc) is 3.17. The topological polar surface area (TPSA) is 105 Å². The Morgan fingerprint density at radius 3 is 3.00 bits per heavy atom. The summed E-state index contributed by atoms with van der Waals surface area (Å²) in [4.78, 5) is 9.34. The number of H-pyrrole nitrogens is 1. The minimum Gasteiger partial charge on any atom is -0.596 e. The molecule has 3 aromatic rings. The minimum atomic E-state index is -0.804. The summed E-state index contributed by atoms with van der Waals surface area (Å²) < 4.78 is 14.4. The third kappa shape index (κ3) is 3.65. The maximum atomic E-state index is 12.2. The molecule has 2 aliphatic heterocycles. The standard InChI is InChI=1S/C20H25N7OS/c1-3-5-14-9-13(10-19-27(14)29(19)28)22-20-15-6-4-7-21-16(15)11-17(24-20)23-18-8-12(2)25-26-18/h4,6-8,11,13-14,19H,3,5,9-10H2,1-2H3,(H3,22,23,24,25,26). The molecule has 3 aromatic heterocycles. The number of hydrogen-bond acceptors (Lipinski definition) is 7. The highest BCUT2D eigenvalue weighted by Crippen LogP contribution is 2.45. The third-order valence-corrected chi connectivity index (χ3v) is 7.24. The van der Waals surface area contributed by atoms with E-state index in [0.29, 0.717) is 11.9 Å². The number of aryl methyl sites for hydroxylation is 1. The third-order valence-electron chi connectivity index (χ3n) is 5.61. The van der Waals surface area contributed by atoms with Gasteiger partial charge in [0.1, 0.15) is 11.6 Å². The highest BCUT2D eigenvalue weighted by atomic mass is 32.2. The van der Waals surface area contributed by atoms with Gasteiger partial charge in [-0.3, -0.25) is 10.1 Å². The van der Waals surface area contributed by atoms with Gasteiger partial charge >= 0.3 is 0 Å². The van der Waals surface area contributed by atoms with Gasteiger partial charge in [0.25, 0.3) is 0 Å². The molecule has 0 amide bonds. The molecule has 9 heteroatoms. The zero-order valence-corrected chi connectivity index (χ0v) is 17.4. The molecule has 5 unspecified atom stereocenters. The van der Waals surface area contributed by atoms with Crippen LogP contribution in [0.2, 0.25) is 0 Å². The number of fused-ring (bicyclic) bond motifs is 2. The first-order valence-corrected chi connectivity index (χ1v) is 11.3. The summed E-state index contributed by atoms with van der Waals surface area (Å²) in [6, 6.07) is 8.47. The molecule has 0 aliphatic carbocycles. The number of piperidine rings is 1. The predicted molar refractivity (Wildman–Crippen MR) is 115 cm³/mol. The van der Waals surface area contributed by atoms with Crippen molar-refractivity contribution in [1.82, 2.24) is 24.5 Å². The van der Waals surface area contributed by atoms with E-state index in [0.717, 1.165) is 53.9 Å². The lowest BCUT2D eigenvalue weighted by atomic mass is 9.96. The number of anilines is 3. The lowest BCUT2D eigenvalue weighted by Crippen LogP contribution is -2.37. The molecule has 3 N–H and O–H groups in total. The van der Waals surface area contributed by atoms with E-state index >= 15 is 0 Å². The molecule has 8 nitrogen and oxygen atoms in total. The van der Waals surface area contributed by atoms with Crippen LogP contribution >= 0.6 is 0 Å². The van der Waals surface area contributed by atoms with E-state index < -0.39 is 11.4 Å². The SMILES string of the molecule is CCCC1CC(Nc2nc(Nc3cc(C)[nH]n3)cc3ncccc23)CC2N1[S+]2[O-]. The van der Waals surface area contributed by atoms with E-state index in [1.54, 1.807) is 6.20 Å². The van der Waals surface area contributed by atoms with Gasteiger partial charge in [0.2, 0.25) is 5.37 Å². The molecule has 0 saturated carbocycles. The van der Waals surface area contributed by atoms with Crippen molar-refractivity contribution in [1.29, 1.82) is 0 Å². The molecule has 2 aliphatic rings. The molecule has 2 fully saturated rings. The molecule has 5 heterocycles. The summed E-state index contributed by atoms with van der Waals surface area (Å²) in [7, 11) is 0. The second kappa shape index (κ2) is 7.47. The van der Waals surface area contributed by atoms with Crippen LogP contribution in [0.3, 0.4) is 0 Å². The van der Waals surface area contributed by atoms with Gasteiger partial charge in [-0.2, -0.15) is 5.10 Å². The number of nitrogens with zero attached hydrogens (tertiary/aromatic N) is 4. The highest BCUT2D eigenvalue weighted by molar-refractivity contribution is 7.96. The Hall–Kier alpha value is -2.36. The molecular formula is C20H25N7OS. The molecule has 0 aromatic carbocycles. The van der Waals surface area contributed by atoms with Crippen molar-refractivity contribution in [2.24, 2.45) is 0 Å². The second-order valence-electron chi connectivity index (χ2n) is 7.83. The summed E-state index contributed by atoms with van der Waals surface area (Å²) >= 11 is -0.804. The fourth-order valence-corrected chi connectivity index (χ4v) is 5.90. The first kappa shape index (κ1) is 18.7. The van der Waals surface area contributed by atoms with Gasteiger partial charge in [0.15, 0.2) is 5.82 Å². The Morgan fingerprint density at radius 2 is 2.21 bits per heavy atom. The molecule has 0 radical (unpaired) electrons. The first-order valence-electron chi connectivity index (χ1n) is 10.1. The van der Waals surface area contributed by atoms with Gasteiger partial charge < -0.3 is 15.2 Å². The Bertz CT molecular complexity index is 1020. The van der Waals surface area contributed by atoms with E-state index in [2.05, 4.69) is 37.0 Å². The van der Waals surface area contributed by atoms with Crippen LogP contribution in [0.25, 0.3) is 10.9 Å². The van der Waals surface area contributed by atoms with Gasteiger partial charge in [-0.1, -0.05) is 17.6 Å². The number of aromatic amines is 1. The maximum Gasteiger partial charge on any atom is 0.230 e. The van der Waals surface area contributed by atoms with Crippen molar-refractivity contribution in [2.75, 3.05) is 10.6 Å². The zero-order chi connectivity index (χ0) is 20.0. The van der Waals surface area contributed by atoms with Crippen LogP contribution in [0.15, 0.2) is 30.5 Å². The summed E-state index contributed by atoms with van der Waals surface area (Å²) in [5.41, 5.74) is 1.85. The summed E-state index contributed by atoms with van der Waals surface area (Å²) in [6.07, 6.45) is 5.83. The van der Waals surface area contributed by atoms with E-state index in [4.69, 9.17) is 4.98 Å². The van der Waals surface area contributed by atoms with Crippen molar-refractivity contribution < 1.29 is 4.55 Å². The molecule has 2 saturated heterocycles. The molecule has 29 heavy (non-hydrogen) atoms. The lowest BCUT2D eigenvalue weighted by molar-refractivity contribution is 0.276. The monoisotopic (exact) mass is 411 g/mol. The largest absolute Gasteiger partial charge is 0.596 e. The van der Waals surface area contributed by atoms with Crippen molar-refractivity contribution in [3.63, 3.8) is 0 Å². The quantitative estimate of drug-likeness (QED) is 0.421. The van der Waals surface area contributed by atoms with E-state index in [-0.39, 0.29) is 11.4 Å². The van der Waals surface area contributed by atoms with E-state index in [1.165, 1.54) is 0 Å². The Labute approximate surface area is 172 Å². The summed E-state index contributed by atoms with van der Waals surface area (Å²) in [5, 5.41) is 15.2. The fourth-order valence-electron chi connectivity index (χ4n) is 4.28. The van der Waals surface area contributed by atoms with E-state index in [1.807, 2.05) is 31.2 Å². The maximum absolute atomic E-state index is 12.2. The molecule has 5 rings (SSSR count). The van der Waals surface area contributed by atoms with Crippen molar-refractivity contribution >= 4 is 39.7 Å². The van der Waals surface area contributed by atoms with Crippen LogP contribution in [0, 0.1) is 6.92 Å². The molecular weight excluding hydrogens is 386 g/mol. The van der Waals surface area contributed by atoms with Crippen molar-refractivity contribution in [3.05, 3.63) is 36.2 Å². The van der Waals surface area contributed by atoms with Crippen molar-refractivity contribution in [3.8, 4) is 0 Å². The predicted octanol–water partition coefficient (Wildman–Crippen LogP) is 3.45. The molecule has 5 atom stereocenters. The van der Waals surface area contributed by atoms with Gasteiger partial charge in [-0.15, -0.1) is 0 Å². The zero-order valence-electron chi connectivity index (χ0n) is 16.6. The molecule has 0 bridgehead atoms. The molecule has 152 valence electrons. The summed E-state index contributed by atoms with van der Waals surface area (Å²) in [6.45, 7) is 4.15. The molecule has 0 spiro atoms. The Kier molecular flexibility index (Phi) is 4.81. The van der Waals surface area contributed by atoms with Crippen LogP contribution in [0.5, 0.6) is 0 Å². The number of nitrogens with one attached hydrogen (secondary N) is 3. The number of hydrogen-bond donors (Lipinski definition) is 3. The highest BCUT2D eigenvalue weighted by Gasteiger charge is 2.62. The average molecular weight is 412 g/mol. The van der Waals surface area contributed by atoms with Gasteiger partial charge in [-0.25, -0.2) is 4.98 Å². The van der Waals surface area contributed by atoms with Gasteiger partial charge in [0.05, 0.1) is 22.9 Å². The van der Waals surface area contributed by atoms with Gasteiger partial charge in [0, 0.05) is 41.9 Å². The Balaban J connectivity index is 1.42. The number of aromatic nitrogens is 4. The lowest BCUT2D eigenvalue weighted by Gasteiger charge is -2.26. The normalized spacial score (nSPS) is 28.2.